The maximum atomic E-state index is 14.3. The second-order valence-electron chi connectivity index (χ2n) is 7.19. The first-order valence-corrected chi connectivity index (χ1v) is 9.76. The number of pyridine rings is 1. The molecule has 1 saturated heterocycles. The predicted molar refractivity (Wildman–Crippen MR) is 116 cm³/mol. The molecule has 1 aliphatic heterocycles. The number of imidazole rings is 1. The summed E-state index contributed by atoms with van der Waals surface area (Å²) in [5.41, 5.74) is 16.6. The average Bonchev–Trinajstić information content (AvgIpc) is 3.06. The minimum Gasteiger partial charge on any atom is -0.398 e. The van der Waals surface area contributed by atoms with Gasteiger partial charge in [-0.2, -0.15) is 0 Å². The van der Waals surface area contributed by atoms with Crippen molar-refractivity contribution in [2.75, 3.05) is 36.8 Å². The SMILES string of the molecule is Cc1cn2cc(N=C(N)c3c(N)cc(N4CCNCC4)c(C)c3Cl)cc(F)c2n1. The molecule has 3 aromatic rings. The lowest BCUT2D eigenvalue weighted by molar-refractivity contribution is 0.588. The average molecular weight is 416 g/mol. The minimum atomic E-state index is -0.476. The molecule has 4 rings (SSSR count). The smallest absolute Gasteiger partial charge is 0.173 e. The molecule has 1 fully saturated rings. The lowest BCUT2D eigenvalue weighted by Gasteiger charge is -2.31. The largest absolute Gasteiger partial charge is 0.398 e. The third-order valence-corrected chi connectivity index (χ3v) is 5.56. The topological polar surface area (TPSA) is 97.0 Å². The number of nitrogen functional groups attached to an aromatic ring is 1. The van der Waals surface area contributed by atoms with Crippen molar-refractivity contribution >= 4 is 40.1 Å². The van der Waals surface area contributed by atoms with Crippen LogP contribution in [0, 0.1) is 19.7 Å². The van der Waals surface area contributed by atoms with Crippen LogP contribution in [0.25, 0.3) is 5.65 Å². The molecule has 0 unspecified atom stereocenters. The first-order chi connectivity index (χ1) is 13.8. The fraction of sp³-hybridized carbons (Fsp3) is 0.300. The summed E-state index contributed by atoms with van der Waals surface area (Å²) in [5.74, 6) is -0.338. The molecular formula is C20H23ClFN7. The van der Waals surface area contributed by atoms with Crippen LogP contribution in [-0.2, 0) is 0 Å². The maximum absolute atomic E-state index is 14.3. The maximum Gasteiger partial charge on any atom is 0.173 e. The lowest BCUT2D eigenvalue weighted by atomic mass is 10.0. The van der Waals surface area contributed by atoms with E-state index in [2.05, 4.69) is 20.2 Å². The lowest BCUT2D eigenvalue weighted by Crippen LogP contribution is -2.43. The Balaban J connectivity index is 1.75. The standard InChI is InChI=1S/C20H23ClFN7/c1-11-9-29-10-13(7-14(22)20(29)26-11)27-19(24)17-15(23)8-16(12(2)18(17)21)28-5-3-25-4-6-28/h7-10,25H,3-6,23H2,1-2H3,(H2,24,27). The van der Waals surface area contributed by atoms with E-state index in [1.165, 1.54) is 6.07 Å². The molecule has 2 aromatic heterocycles. The Morgan fingerprint density at radius 2 is 1.97 bits per heavy atom. The fourth-order valence-corrected chi connectivity index (χ4v) is 3.97. The number of piperazine rings is 1. The van der Waals surface area contributed by atoms with Gasteiger partial charge in [0.15, 0.2) is 11.5 Å². The molecule has 0 amide bonds. The molecule has 0 spiro atoms. The number of aliphatic imine (C=N–C) groups is 1. The van der Waals surface area contributed by atoms with Gasteiger partial charge >= 0.3 is 0 Å². The van der Waals surface area contributed by atoms with Crippen LogP contribution in [-0.4, -0.2) is 41.4 Å². The fourth-order valence-electron chi connectivity index (χ4n) is 3.67. The van der Waals surface area contributed by atoms with Gasteiger partial charge in [-0.25, -0.2) is 14.4 Å². The Labute approximate surface area is 173 Å². The zero-order valence-electron chi connectivity index (χ0n) is 16.3. The van der Waals surface area contributed by atoms with Gasteiger partial charge in [-0.15, -0.1) is 0 Å². The number of halogens is 2. The highest BCUT2D eigenvalue weighted by molar-refractivity contribution is 6.36. The van der Waals surface area contributed by atoms with Gasteiger partial charge in [0, 0.05) is 56.0 Å². The van der Waals surface area contributed by atoms with Gasteiger partial charge in [0.2, 0.25) is 0 Å². The normalized spacial score (nSPS) is 15.3. The molecule has 29 heavy (non-hydrogen) atoms. The Kier molecular flexibility index (Phi) is 5.06. The van der Waals surface area contributed by atoms with E-state index in [1.54, 1.807) is 23.7 Å². The number of nitrogens with two attached hydrogens (primary N) is 2. The number of aromatic nitrogens is 2. The van der Waals surface area contributed by atoms with Gasteiger partial charge in [0.25, 0.3) is 0 Å². The number of fused-ring (bicyclic) bond motifs is 1. The number of nitrogens with one attached hydrogen (secondary N) is 1. The summed E-state index contributed by atoms with van der Waals surface area (Å²) in [6.45, 7) is 7.31. The molecule has 7 nitrogen and oxygen atoms in total. The predicted octanol–water partition coefficient (Wildman–Crippen LogP) is 2.77. The van der Waals surface area contributed by atoms with Crippen LogP contribution >= 0.6 is 11.6 Å². The van der Waals surface area contributed by atoms with Gasteiger partial charge in [-0.3, -0.25) is 0 Å². The van der Waals surface area contributed by atoms with E-state index >= 15 is 0 Å². The monoisotopic (exact) mass is 415 g/mol. The van der Waals surface area contributed by atoms with Gasteiger partial charge in [0.1, 0.15) is 5.84 Å². The molecule has 3 heterocycles. The zero-order chi connectivity index (χ0) is 20.7. The van der Waals surface area contributed by atoms with Crippen molar-refractivity contribution in [3.63, 3.8) is 0 Å². The molecule has 9 heteroatoms. The van der Waals surface area contributed by atoms with E-state index in [0.29, 0.717) is 27.7 Å². The van der Waals surface area contributed by atoms with Crippen molar-refractivity contribution in [2.24, 2.45) is 10.7 Å². The molecule has 0 radical (unpaired) electrons. The Bertz CT molecular complexity index is 1120. The number of hydrogen-bond donors (Lipinski definition) is 3. The van der Waals surface area contributed by atoms with Crippen LogP contribution in [0.15, 0.2) is 29.5 Å². The van der Waals surface area contributed by atoms with E-state index in [4.69, 9.17) is 23.1 Å². The number of benzene rings is 1. The van der Waals surface area contributed by atoms with Crippen molar-refractivity contribution in [1.82, 2.24) is 14.7 Å². The number of hydrogen-bond acceptors (Lipinski definition) is 5. The van der Waals surface area contributed by atoms with Crippen LogP contribution in [0.3, 0.4) is 0 Å². The van der Waals surface area contributed by atoms with Crippen molar-refractivity contribution in [2.45, 2.75) is 13.8 Å². The van der Waals surface area contributed by atoms with Gasteiger partial charge in [-0.05, 0) is 25.5 Å². The number of rotatable bonds is 3. The highest BCUT2D eigenvalue weighted by atomic mass is 35.5. The number of nitrogens with zero attached hydrogens (tertiary/aromatic N) is 4. The van der Waals surface area contributed by atoms with Crippen molar-refractivity contribution in [3.05, 3.63) is 52.2 Å². The van der Waals surface area contributed by atoms with E-state index in [1.807, 2.05) is 13.0 Å². The highest BCUT2D eigenvalue weighted by Crippen LogP contribution is 2.35. The molecule has 1 aromatic carbocycles. The highest BCUT2D eigenvalue weighted by Gasteiger charge is 2.20. The van der Waals surface area contributed by atoms with Crippen LogP contribution in [0.4, 0.5) is 21.5 Å². The summed E-state index contributed by atoms with van der Waals surface area (Å²) < 4.78 is 15.9. The molecule has 0 saturated carbocycles. The van der Waals surface area contributed by atoms with Crippen LogP contribution in [0.1, 0.15) is 16.8 Å². The molecule has 5 N–H and O–H groups in total. The molecular weight excluding hydrogens is 393 g/mol. The summed E-state index contributed by atoms with van der Waals surface area (Å²) >= 11 is 6.64. The molecule has 0 aliphatic carbocycles. The van der Waals surface area contributed by atoms with Crippen LogP contribution in [0.5, 0.6) is 0 Å². The van der Waals surface area contributed by atoms with E-state index in [0.717, 1.165) is 37.4 Å². The molecule has 0 atom stereocenters. The van der Waals surface area contributed by atoms with Crippen molar-refractivity contribution in [1.29, 1.82) is 0 Å². The Hall–Kier alpha value is -2.84. The number of amidine groups is 1. The van der Waals surface area contributed by atoms with Gasteiger partial charge < -0.3 is 26.1 Å². The quantitative estimate of drug-likeness (QED) is 0.347. The Morgan fingerprint density at radius 3 is 2.69 bits per heavy atom. The van der Waals surface area contributed by atoms with E-state index in [9.17, 15) is 4.39 Å². The second kappa shape index (κ2) is 7.53. The van der Waals surface area contributed by atoms with Gasteiger partial charge in [-0.1, -0.05) is 11.6 Å². The van der Waals surface area contributed by atoms with E-state index in [-0.39, 0.29) is 11.5 Å². The summed E-state index contributed by atoms with van der Waals surface area (Å²) in [5, 5.41) is 3.78. The summed E-state index contributed by atoms with van der Waals surface area (Å²) in [6, 6.07) is 3.17. The third kappa shape index (κ3) is 3.61. The first-order valence-electron chi connectivity index (χ1n) is 9.38. The van der Waals surface area contributed by atoms with Crippen LogP contribution < -0.4 is 21.7 Å². The van der Waals surface area contributed by atoms with Crippen LogP contribution in [0.2, 0.25) is 5.02 Å². The second-order valence-corrected chi connectivity index (χ2v) is 7.57. The number of aryl methyl sites for hydroxylation is 1. The third-order valence-electron chi connectivity index (χ3n) is 5.09. The number of anilines is 2. The first kappa shape index (κ1) is 19.5. The van der Waals surface area contributed by atoms with Crippen molar-refractivity contribution < 1.29 is 4.39 Å². The molecule has 152 valence electrons. The Morgan fingerprint density at radius 1 is 1.24 bits per heavy atom. The summed E-state index contributed by atoms with van der Waals surface area (Å²) in [4.78, 5) is 10.8. The van der Waals surface area contributed by atoms with E-state index < -0.39 is 5.82 Å². The molecule has 1 aliphatic rings. The minimum absolute atomic E-state index is 0.137. The molecule has 0 bridgehead atoms. The zero-order valence-corrected chi connectivity index (χ0v) is 17.1. The summed E-state index contributed by atoms with van der Waals surface area (Å²) in [6.07, 6.45) is 3.39. The van der Waals surface area contributed by atoms with Crippen molar-refractivity contribution in [3.8, 4) is 0 Å². The summed E-state index contributed by atoms with van der Waals surface area (Å²) in [7, 11) is 0. The van der Waals surface area contributed by atoms with Gasteiger partial charge in [0.05, 0.1) is 22.0 Å².